The van der Waals surface area contributed by atoms with Crippen LogP contribution in [0.15, 0.2) is 0 Å². The summed E-state index contributed by atoms with van der Waals surface area (Å²) in [5.74, 6) is -4.40. The highest BCUT2D eigenvalue weighted by Crippen LogP contribution is 2.18. The van der Waals surface area contributed by atoms with Crippen molar-refractivity contribution in [3.05, 3.63) is 0 Å². The topological polar surface area (TPSA) is 222 Å². The van der Waals surface area contributed by atoms with Crippen LogP contribution in [-0.4, -0.2) is 82.7 Å². The van der Waals surface area contributed by atoms with E-state index in [1.54, 1.807) is 0 Å². The van der Waals surface area contributed by atoms with E-state index >= 15 is 0 Å². The summed E-state index contributed by atoms with van der Waals surface area (Å²) < 4.78 is 0. The lowest BCUT2D eigenvalue weighted by Crippen LogP contribution is -2.51. The SMILES string of the molecule is CCCCCCCCCCCCCC(=O)C[C@@H](CCN)C(=O)N[C@H](C(=O)C[C@@H](C)C(=O)N[C@@H](CCCCN)C(=O)C[C@@H](C)B(O)O)[C@@H](C)O. The number of amides is 2. The minimum atomic E-state index is -1.68. The van der Waals surface area contributed by atoms with Crippen molar-refractivity contribution < 1.29 is 39.1 Å². The Hall–Kier alpha value is -2.19. The number of unbranched alkanes of at least 4 members (excludes halogenated alkanes) is 11. The zero-order valence-electron chi connectivity index (χ0n) is 30.9. The third-order valence-electron chi connectivity index (χ3n) is 9.19. The molecule has 12 nitrogen and oxygen atoms in total. The van der Waals surface area contributed by atoms with Crippen molar-refractivity contribution in [2.45, 2.75) is 174 Å². The Morgan fingerprint density at radius 3 is 1.73 bits per heavy atom. The van der Waals surface area contributed by atoms with Crippen molar-refractivity contribution in [1.29, 1.82) is 0 Å². The van der Waals surface area contributed by atoms with Crippen LogP contribution in [0.5, 0.6) is 0 Å². The van der Waals surface area contributed by atoms with Gasteiger partial charge in [0, 0.05) is 37.5 Å². The van der Waals surface area contributed by atoms with Crippen LogP contribution in [0.3, 0.4) is 0 Å². The number of carbonyl (C=O) groups excluding carboxylic acids is 5. The maximum atomic E-state index is 13.2. The molecule has 0 aromatic heterocycles. The molecule has 6 atom stereocenters. The first-order chi connectivity index (χ1) is 23.3. The van der Waals surface area contributed by atoms with Gasteiger partial charge < -0.3 is 37.3 Å². The van der Waals surface area contributed by atoms with E-state index in [1.165, 1.54) is 65.7 Å². The summed E-state index contributed by atoms with van der Waals surface area (Å²) in [5.41, 5.74) is 11.3. The summed E-state index contributed by atoms with van der Waals surface area (Å²) in [6, 6.07) is -2.18. The quantitative estimate of drug-likeness (QED) is 0.0401. The van der Waals surface area contributed by atoms with Crippen molar-refractivity contribution >= 4 is 36.3 Å². The molecule has 0 aliphatic rings. The molecule has 0 aliphatic heterocycles. The van der Waals surface area contributed by atoms with Crippen LogP contribution in [0.25, 0.3) is 0 Å². The smallest absolute Gasteiger partial charge is 0.427 e. The lowest BCUT2D eigenvalue weighted by Gasteiger charge is -2.25. The summed E-state index contributed by atoms with van der Waals surface area (Å²) in [5, 5.41) is 34.4. The first-order valence-electron chi connectivity index (χ1n) is 18.9. The highest BCUT2D eigenvalue weighted by molar-refractivity contribution is 6.43. The van der Waals surface area contributed by atoms with Crippen LogP contribution in [-0.2, 0) is 24.0 Å². The van der Waals surface area contributed by atoms with E-state index in [0.29, 0.717) is 32.2 Å². The van der Waals surface area contributed by atoms with Crippen molar-refractivity contribution in [2.24, 2.45) is 23.3 Å². The standard InChI is InChI=1S/C36H69BN4O8/c1-5-6-7-8-9-10-11-12-13-14-15-18-30(43)25-29(20-22-39)36(47)41-34(28(4)42)33(45)23-26(2)35(46)40-31(19-16-17-21-38)32(44)24-27(3)37(48)49/h26-29,31,34,42,48-49H,5-25,38-39H2,1-4H3,(H,40,46)(H,41,47)/t26-,27-,28-,29-,31+,34+/m1/s1. The monoisotopic (exact) mass is 697 g/mol. The molecule has 0 radical (unpaired) electrons. The fourth-order valence-corrected chi connectivity index (χ4v) is 5.84. The highest BCUT2D eigenvalue weighted by atomic mass is 16.4. The molecule has 2 amide bonds. The summed E-state index contributed by atoms with van der Waals surface area (Å²) in [7, 11) is -1.68. The normalized spacial score (nSPS) is 15.0. The number of hydrogen-bond acceptors (Lipinski definition) is 10. The van der Waals surface area contributed by atoms with Crippen molar-refractivity contribution in [2.75, 3.05) is 13.1 Å². The molecule has 13 heteroatoms. The molecule has 0 aliphatic carbocycles. The van der Waals surface area contributed by atoms with Gasteiger partial charge in [-0.2, -0.15) is 0 Å². The molecule has 49 heavy (non-hydrogen) atoms. The van der Waals surface area contributed by atoms with Crippen LogP contribution in [0.2, 0.25) is 5.82 Å². The van der Waals surface area contributed by atoms with Gasteiger partial charge in [0.05, 0.1) is 12.1 Å². The molecular weight excluding hydrogens is 627 g/mol. The Bertz CT molecular complexity index is 952. The molecule has 0 heterocycles. The van der Waals surface area contributed by atoms with Crippen LogP contribution in [0, 0.1) is 11.8 Å². The summed E-state index contributed by atoms with van der Waals surface area (Å²) in [4.78, 5) is 65.1. The predicted molar refractivity (Wildman–Crippen MR) is 194 cm³/mol. The minimum absolute atomic E-state index is 0.00578. The van der Waals surface area contributed by atoms with Gasteiger partial charge in [0.25, 0.3) is 0 Å². The van der Waals surface area contributed by atoms with E-state index in [9.17, 15) is 39.1 Å². The highest BCUT2D eigenvalue weighted by Gasteiger charge is 2.33. The maximum absolute atomic E-state index is 13.2. The van der Waals surface area contributed by atoms with Gasteiger partial charge in [-0.15, -0.1) is 0 Å². The number of nitrogens with two attached hydrogens (primary N) is 2. The third-order valence-corrected chi connectivity index (χ3v) is 9.19. The van der Waals surface area contributed by atoms with Crippen molar-refractivity contribution in [3.8, 4) is 0 Å². The van der Waals surface area contributed by atoms with E-state index in [-0.39, 0.29) is 43.8 Å². The Kier molecular flexibility index (Phi) is 27.2. The van der Waals surface area contributed by atoms with Gasteiger partial charge in [-0.1, -0.05) is 85.0 Å². The van der Waals surface area contributed by atoms with Gasteiger partial charge in [0.2, 0.25) is 11.8 Å². The number of carbonyl (C=O) groups is 5. The van der Waals surface area contributed by atoms with E-state index in [2.05, 4.69) is 17.6 Å². The Labute approximate surface area is 295 Å². The summed E-state index contributed by atoms with van der Waals surface area (Å²) >= 11 is 0. The second-order valence-electron chi connectivity index (χ2n) is 14.0. The van der Waals surface area contributed by atoms with E-state index < -0.39 is 60.6 Å². The van der Waals surface area contributed by atoms with Crippen LogP contribution in [0.1, 0.15) is 150 Å². The molecule has 0 unspecified atom stereocenters. The molecule has 284 valence electrons. The van der Waals surface area contributed by atoms with Gasteiger partial charge in [-0.25, -0.2) is 0 Å². The Morgan fingerprint density at radius 2 is 1.22 bits per heavy atom. The molecule has 0 rings (SSSR count). The molecule has 0 bridgehead atoms. The van der Waals surface area contributed by atoms with Crippen molar-refractivity contribution in [3.63, 3.8) is 0 Å². The van der Waals surface area contributed by atoms with Gasteiger partial charge in [-0.05, 0) is 57.9 Å². The van der Waals surface area contributed by atoms with Gasteiger partial charge in [0.1, 0.15) is 11.8 Å². The molecule has 0 aromatic rings. The predicted octanol–water partition coefficient (Wildman–Crippen LogP) is 3.51. The Morgan fingerprint density at radius 1 is 0.653 bits per heavy atom. The van der Waals surface area contributed by atoms with E-state index in [4.69, 9.17) is 11.5 Å². The number of hydrogen-bond donors (Lipinski definition) is 7. The second-order valence-corrected chi connectivity index (χ2v) is 14.0. The average Bonchev–Trinajstić information content (AvgIpc) is 3.04. The van der Waals surface area contributed by atoms with Crippen molar-refractivity contribution in [1.82, 2.24) is 10.6 Å². The number of ketones is 3. The maximum Gasteiger partial charge on any atom is 0.454 e. The number of aliphatic hydroxyl groups is 1. The lowest BCUT2D eigenvalue weighted by atomic mass is 9.71. The second kappa shape index (κ2) is 28.5. The minimum Gasteiger partial charge on any atom is -0.427 e. The van der Waals surface area contributed by atoms with Gasteiger partial charge in [-0.3, -0.25) is 24.0 Å². The largest absolute Gasteiger partial charge is 0.454 e. The number of rotatable bonds is 32. The lowest BCUT2D eigenvalue weighted by molar-refractivity contribution is -0.136. The van der Waals surface area contributed by atoms with Crippen LogP contribution in [0.4, 0.5) is 0 Å². The molecule has 0 fully saturated rings. The first kappa shape index (κ1) is 46.8. The third kappa shape index (κ3) is 22.3. The molecular formula is C36H69BN4O8. The molecule has 0 aromatic carbocycles. The number of aliphatic hydroxyl groups excluding tert-OH is 1. The number of Topliss-reactive ketones (excluding diaryl/α,β-unsaturated/α-hetero) is 3. The Balaban J connectivity index is 5.02. The fraction of sp³-hybridized carbons (Fsp3) is 0.861. The molecule has 0 saturated carbocycles. The summed E-state index contributed by atoms with van der Waals surface area (Å²) in [6.45, 7) is 7.20. The zero-order valence-corrected chi connectivity index (χ0v) is 30.9. The van der Waals surface area contributed by atoms with E-state index in [1.807, 2.05) is 0 Å². The fourth-order valence-electron chi connectivity index (χ4n) is 5.84. The first-order valence-corrected chi connectivity index (χ1v) is 18.9. The number of nitrogens with one attached hydrogen (secondary N) is 2. The van der Waals surface area contributed by atoms with Gasteiger partial charge in [0.15, 0.2) is 11.6 Å². The summed E-state index contributed by atoms with van der Waals surface area (Å²) in [6.07, 6.45) is 13.4. The molecule has 9 N–H and O–H groups in total. The molecule has 0 saturated heterocycles. The zero-order chi connectivity index (χ0) is 37.2. The molecule has 0 spiro atoms. The average molecular weight is 697 g/mol. The van der Waals surface area contributed by atoms with Crippen LogP contribution < -0.4 is 22.1 Å². The van der Waals surface area contributed by atoms with Crippen LogP contribution >= 0.6 is 0 Å². The van der Waals surface area contributed by atoms with Gasteiger partial charge >= 0.3 is 7.12 Å². The van der Waals surface area contributed by atoms with E-state index in [0.717, 1.165) is 25.7 Å².